The van der Waals surface area contributed by atoms with E-state index >= 15 is 0 Å². The minimum atomic E-state index is -1.59. The number of thiol groups is 2. The topological polar surface area (TPSA) is 24.1 Å². The zero-order valence-electron chi connectivity index (χ0n) is 10.6. The largest absolute Gasteiger partial charge is 0.314 e. The molecule has 0 aromatic heterocycles. The number of halogens is 2. The molecule has 0 aliphatic rings. The van der Waals surface area contributed by atoms with Crippen LogP contribution in [0.5, 0.6) is 0 Å². The highest BCUT2D eigenvalue weighted by atomic mass is 32.1. The van der Waals surface area contributed by atoms with E-state index in [-0.39, 0.29) is 30.9 Å². The van der Waals surface area contributed by atoms with E-state index in [1.807, 2.05) is 13.8 Å². The quantitative estimate of drug-likeness (QED) is 0.366. The minimum Gasteiger partial charge on any atom is -0.314 e. The molecule has 0 amide bonds. The van der Waals surface area contributed by atoms with Crippen molar-refractivity contribution in [3.63, 3.8) is 0 Å². The lowest BCUT2D eigenvalue weighted by Gasteiger charge is -2.29. The normalized spacial score (nSPS) is 18.7. The molecule has 17 heavy (non-hydrogen) atoms. The third-order valence-corrected chi connectivity index (χ3v) is 3.76. The molecule has 0 radical (unpaired) electrons. The van der Waals surface area contributed by atoms with Crippen LogP contribution in [-0.4, -0.2) is 42.6 Å². The second-order valence-electron chi connectivity index (χ2n) is 4.24. The Morgan fingerprint density at radius 2 is 1.65 bits per heavy atom. The van der Waals surface area contributed by atoms with Crippen molar-refractivity contribution in [2.45, 2.75) is 38.2 Å². The van der Waals surface area contributed by atoms with Gasteiger partial charge in [0.25, 0.3) is 0 Å². The fraction of sp³-hybridized carbons (Fsp3) is 1.00. The predicted molar refractivity (Wildman–Crippen MR) is 76.8 cm³/mol. The molecule has 0 aliphatic heterocycles. The van der Waals surface area contributed by atoms with Gasteiger partial charge in [-0.2, -0.15) is 25.3 Å². The van der Waals surface area contributed by atoms with Crippen LogP contribution in [0.2, 0.25) is 0 Å². The monoisotopic (exact) mass is 286 g/mol. The van der Waals surface area contributed by atoms with Crippen molar-refractivity contribution in [3.05, 3.63) is 0 Å². The zero-order valence-corrected chi connectivity index (χ0v) is 12.4. The molecule has 2 nitrogen and oxygen atoms in total. The fourth-order valence-corrected chi connectivity index (χ4v) is 2.07. The van der Waals surface area contributed by atoms with Gasteiger partial charge in [0.1, 0.15) is 5.67 Å². The summed E-state index contributed by atoms with van der Waals surface area (Å²) >= 11 is 7.98. The first-order valence-electron chi connectivity index (χ1n) is 6.00. The zero-order chi connectivity index (χ0) is 13.4. The van der Waals surface area contributed by atoms with Crippen LogP contribution in [-0.2, 0) is 0 Å². The molecular formula is C11H24F2N2S2. The number of rotatable bonds is 10. The Kier molecular flexibility index (Phi) is 8.80. The third-order valence-electron chi connectivity index (χ3n) is 2.69. The van der Waals surface area contributed by atoms with E-state index in [4.69, 9.17) is 0 Å². The van der Waals surface area contributed by atoms with Gasteiger partial charge in [0.05, 0.1) is 0 Å². The summed E-state index contributed by atoms with van der Waals surface area (Å²) in [7, 11) is 0. The molecule has 0 heterocycles. The third kappa shape index (κ3) is 6.84. The summed E-state index contributed by atoms with van der Waals surface area (Å²) in [6, 6.07) is 0. The lowest BCUT2D eigenvalue weighted by atomic mass is 9.97. The predicted octanol–water partition coefficient (Wildman–Crippen LogP) is 2.22. The molecular weight excluding hydrogens is 262 g/mol. The van der Waals surface area contributed by atoms with Gasteiger partial charge in [-0.15, -0.1) is 0 Å². The Balaban J connectivity index is 4.27. The van der Waals surface area contributed by atoms with Crippen LogP contribution >= 0.6 is 25.3 Å². The van der Waals surface area contributed by atoms with Gasteiger partial charge < -0.3 is 5.32 Å². The highest BCUT2D eigenvalue weighted by molar-refractivity contribution is 7.80. The van der Waals surface area contributed by atoms with Gasteiger partial charge in [-0.3, -0.25) is 5.32 Å². The molecule has 0 spiro atoms. The molecule has 2 N–H and O–H groups in total. The van der Waals surface area contributed by atoms with E-state index in [2.05, 4.69) is 35.9 Å². The molecule has 2 atom stereocenters. The Hall–Kier alpha value is 0.480. The van der Waals surface area contributed by atoms with E-state index in [1.54, 1.807) is 0 Å². The smallest absolute Gasteiger partial charge is 0.170 e. The van der Waals surface area contributed by atoms with Gasteiger partial charge >= 0.3 is 0 Å². The molecule has 6 heteroatoms. The Labute approximate surface area is 114 Å². The van der Waals surface area contributed by atoms with Crippen molar-refractivity contribution in [2.24, 2.45) is 0 Å². The summed E-state index contributed by atoms with van der Waals surface area (Å²) in [5.41, 5.74) is -1.46. The molecule has 0 saturated heterocycles. The minimum absolute atomic E-state index is 0.0463. The molecule has 0 saturated carbocycles. The maximum atomic E-state index is 14.3. The Morgan fingerprint density at radius 3 is 2.06 bits per heavy atom. The Morgan fingerprint density at radius 1 is 1.00 bits per heavy atom. The maximum absolute atomic E-state index is 14.3. The molecule has 0 aliphatic carbocycles. The summed E-state index contributed by atoms with van der Waals surface area (Å²) < 4.78 is 28.4. The molecule has 0 rings (SSSR count). The number of hydrogen-bond acceptors (Lipinski definition) is 4. The number of nitrogens with one attached hydrogen (secondary N) is 2. The first kappa shape index (κ1) is 17.5. The van der Waals surface area contributed by atoms with Crippen molar-refractivity contribution < 1.29 is 8.78 Å². The molecule has 104 valence electrons. The van der Waals surface area contributed by atoms with Crippen molar-refractivity contribution in [1.29, 1.82) is 0 Å². The first-order valence-corrected chi connectivity index (χ1v) is 7.27. The van der Waals surface area contributed by atoms with Crippen LogP contribution in [0, 0.1) is 0 Å². The lowest BCUT2D eigenvalue weighted by Crippen LogP contribution is -2.46. The van der Waals surface area contributed by atoms with E-state index in [1.165, 1.54) is 0 Å². The summed E-state index contributed by atoms with van der Waals surface area (Å²) in [6.45, 7) is 5.13. The summed E-state index contributed by atoms with van der Waals surface area (Å²) in [5, 5.41) is 5.65. The van der Waals surface area contributed by atoms with Crippen LogP contribution in [0.25, 0.3) is 0 Å². The van der Waals surface area contributed by atoms with E-state index in [0.29, 0.717) is 13.1 Å². The van der Waals surface area contributed by atoms with E-state index in [9.17, 15) is 8.78 Å². The first-order chi connectivity index (χ1) is 7.95. The number of alkyl halides is 2. The second kappa shape index (κ2) is 8.56. The molecule has 0 bridgehead atoms. The maximum Gasteiger partial charge on any atom is 0.170 e. The lowest BCUT2D eigenvalue weighted by molar-refractivity contribution is 0.0904. The van der Waals surface area contributed by atoms with Crippen LogP contribution in [0.4, 0.5) is 8.78 Å². The molecule has 0 aromatic carbocycles. The van der Waals surface area contributed by atoms with Gasteiger partial charge in [0, 0.05) is 18.1 Å². The van der Waals surface area contributed by atoms with Crippen molar-refractivity contribution in [1.82, 2.24) is 10.6 Å². The van der Waals surface area contributed by atoms with Crippen LogP contribution in [0.3, 0.4) is 0 Å². The summed E-state index contributed by atoms with van der Waals surface area (Å²) in [6.07, 6.45) is 0.236. The van der Waals surface area contributed by atoms with E-state index in [0.717, 1.165) is 0 Å². The van der Waals surface area contributed by atoms with Crippen LogP contribution in [0.15, 0.2) is 0 Å². The fourth-order valence-electron chi connectivity index (χ4n) is 1.53. The SMILES string of the molecule is CCNC[C@@](F)(CS)CC[C@@](F)(CS)NCC. The second-order valence-corrected chi connectivity index (χ2v) is 4.88. The summed E-state index contributed by atoms with van der Waals surface area (Å²) in [5.74, 6) is -1.45. The summed E-state index contributed by atoms with van der Waals surface area (Å²) in [4.78, 5) is 0. The molecule has 0 unspecified atom stereocenters. The van der Waals surface area contributed by atoms with Gasteiger partial charge in [-0.05, 0) is 25.9 Å². The average molecular weight is 286 g/mol. The highest BCUT2D eigenvalue weighted by Gasteiger charge is 2.34. The van der Waals surface area contributed by atoms with Crippen LogP contribution in [0.1, 0.15) is 26.7 Å². The van der Waals surface area contributed by atoms with Gasteiger partial charge in [-0.25, -0.2) is 8.78 Å². The Bertz CT molecular complexity index is 210. The van der Waals surface area contributed by atoms with Crippen molar-refractivity contribution in [2.75, 3.05) is 31.1 Å². The average Bonchev–Trinajstić information content (AvgIpc) is 2.34. The van der Waals surface area contributed by atoms with Gasteiger partial charge in [-0.1, -0.05) is 13.8 Å². The standard InChI is InChI=1S/C11H24F2N2S2/c1-3-14-7-10(12,8-16)5-6-11(13,9-17)15-4-2/h14-17H,3-9H2,1-2H3/t10-,11+/m1/s1. The number of hydrogen-bond donors (Lipinski definition) is 4. The highest BCUT2D eigenvalue weighted by Crippen LogP contribution is 2.26. The van der Waals surface area contributed by atoms with Crippen LogP contribution < -0.4 is 10.6 Å². The van der Waals surface area contributed by atoms with Gasteiger partial charge in [0.15, 0.2) is 5.79 Å². The van der Waals surface area contributed by atoms with Gasteiger partial charge in [0.2, 0.25) is 0 Å². The molecule has 0 fully saturated rings. The van der Waals surface area contributed by atoms with Crippen molar-refractivity contribution >= 4 is 25.3 Å². The van der Waals surface area contributed by atoms with Crippen molar-refractivity contribution in [3.8, 4) is 0 Å². The van der Waals surface area contributed by atoms with E-state index < -0.39 is 11.5 Å². The molecule has 0 aromatic rings.